The molecule has 4 rings (SSSR count). The highest BCUT2D eigenvalue weighted by Gasteiger charge is 2.19. The maximum Gasteiger partial charge on any atom is 0.171 e. The normalized spacial score (nSPS) is 11.6. The van der Waals surface area contributed by atoms with Crippen LogP contribution in [0.3, 0.4) is 0 Å². The van der Waals surface area contributed by atoms with E-state index in [4.69, 9.17) is 4.42 Å². The molecular formula is C21H17FINO. The minimum atomic E-state index is -0.331. The molecule has 4 heteroatoms. The van der Waals surface area contributed by atoms with Crippen LogP contribution >= 0.6 is 22.9 Å². The van der Waals surface area contributed by atoms with Gasteiger partial charge in [0.05, 0.1) is 34.2 Å². The van der Waals surface area contributed by atoms with Gasteiger partial charge < -0.3 is 4.42 Å². The van der Waals surface area contributed by atoms with Gasteiger partial charge in [0.25, 0.3) is 0 Å². The van der Waals surface area contributed by atoms with Gasteiger partial charge >= 0.3 is 0 Å². The largest absolute Gasteiger partial charge is 0.451 e. The molecule has 0 bridgehead atoms. The average Bonchev–Trinajstić information content (AvgIpc) is 3.01. The molecule has 0 N–H and O–H groups in total. The minimum Gasteiger partial charge on any atom is -0.451 e. The molecule has 0 amide bonds. The quantitative estimate of drug-likeness (QED) is 0.242. The van der Waals surface area contributed by atoms with Crippen LogP contribution in [0.4, 0.5) is 15.8 Å². The van der Waals surface area contributed by atoms with E-state index in [1.807, 2.05) is 30.3 Å². The van der Waals surface area contributed by atoms with E-state index >= 15 is 0 Å². The van der Waals surface area contributed by atoms with Crippen molar-refractivity contribution in [2.45, 2.75) is 19.8 Å². The van der Waals surface area contributed by atoms with Crippen LogP contribution in [0.1, 0.15) is 25.3 Å². The highest BCUT2D eigenvalue weighted by Crippen LogP contribution is 2.42. The van der Waals surface area contributed by atoms with Crippen LogP contribution in [0.2, 0.25) is 0 Å². The highest BCUT2D eigenvalue weighted by atomic mass is 127. The Hall–Kier alpha value is -2.08. The Balaban J connectivity index is 1.96. The fourth-order valence-electron chi connectivity index (χ4n) is 3.21. The van der Waals surface area contributed by atoms with Crippen molar-refractivity contribution >= 4 is 56.2 Å². The molecule has 0 spiro atoms. The van der Waals surface area contributed by atoms with Gasteiger partial charge in [0.15, 0.2) is 17.0 Å². The number of anilines is 2. The summed E-state index contributed by atoms with van der Waals surface area (Å²) in [6.45, 7) is 4.36. The van der Waals surface area contributed by atoms with Crippen molar-refractivity contribution in [3.05, 3.63) is 72.0 Å². The predicted molar refractivity (Wildman–Crippen MR) is 110 cm³/mol. The molecule has 0 radical (unpaired) electrons. The fraction of sp³-hybridized carbons (Fsp3) is 0.143. The molecule has 0 aliphatic heterocycles. The van der Waals surface area contributed by atoms with E-state index in [9.17, 15) is 4.39 Å². The number of furan rings is 1. The molecule has 2 nitrogen and oxygen atoms in total. The molecule has 0 unspecified atom stereocenters. The third-order valence-electron chi connectivity index (χ3n) is 4.44. The van der Waals surface area contributed by atoms with E-state index in [-0.39, 0.29) is 5.82 Å². The maximum atomic E-state index is 14.1. The Morgan fingerprint density at radius 1 is 0.840 bits per heavy atom. The van der Waals surface area contributed by atoms with Crippen molar-refractivity contribution in [1.82, 2.24) is 0 Å². The molecule has 1 heterocycles. The first-order valence-corrected chi connectivity index (χ1v) is 9.19. The summed E-state index contributed by atoms with van der Waals surface area (Å²) < 4.78 is 22.2. The first kappa shape index (κ1) is 16.4. The fourth-order valence-corrected chi connectivity index (χ4v) is 4.03. The Labute approximate surface area is 159 Å². The molecule has 0 fully saturated rings. The minimum absolute atomic E-state index is 0.312. The number of fused-ring (bicyclic) bond motifs is 3. The first-order valence-electron chi connectivity index (χ1n) is 8.22. The summed E-state index contributed by atoms with van der Waals surface area (Å²) in [6, 6.07) is 19.3. The second kappa shape index (κ2) is 6.33. The topological polar surface area (TPSA) is 16.4 Å². The van der Waals surface area contributed by atoms with Gasteiger partial charge in [0, 0.05) is 10.8 Å². The zero-order chi connectivity index (χ0) is 17.6. The van der Waals surface area contributed by atoms with Crippen LogP contribution in [-0.2, 0) is 0 Å². The molecule has 0 saturated heterocycles. The third-order valence-corrected chi connectivity index (χ3v) is 5.48. The van der Waals surface area contributed by atoms with Crippen LogP contribution in [0.5, 0.6) is 0 Å². The number of para-hydroxylation sites is 3. The summed E-state index contributed by atoms with van der Waals surface area (Å²) >= 11 is 2.29. The summed E-state index contributed by atoms with van der Waals surface area (Å²) in [5.41, 5.74) is 4.31. The Kier molecular flexibility index (Phi) is 4.15. The second-order valence-corrected chi connectivity index (χ2v) is 7.33. The molecule has 3 aromatic carbocycles. The number of hydrogen-bond acceptors (Lipinski definition) is 2. The second-order valence-electron chi connectivity index (χ2n) is 6.37. The zero-order valence-corrected chi connectivity index (χ0v) is 16.1. The molecule has 0 saturated carbocycles. The SMILES string of the molecule is CC(C)c1ccccc1N(I)c1cccc2c1oc1c(F)cccc12. The van der Waals surface area contributed by atoms with Gasteiger partial charge in [-0.25, -0.2) is 4.39 Å². The highest BCUT2D eigenvalue weighted by molar-refractivity contribution is 14.1. The lowest BCUT2D eigenvalue weighted by Gasteiger charge is -2.22. The van der Waals surface area contributed by atoms with Crippen molar-refractivity contribution in [1.29, 1.82) is 0 Å². The van der Waals surface area contributed by atoms with Crippen LogP contribution in [0, 0.1) is 5.82 Å². The lowest BCUT2D eigenvalue weighted by molar-refractivity contribution is 0.584. The van der Waals surface area contributed by atoms with Crippen LogP contribution in [0.25, 0.3) is 21.9 Å². The lowest BCUT2D eigenvalue weighted by Crippen LogP contribution is -2.05. The number of benzene rings is 3. The average molecular weight is 445 g/mol. The summed E-state index contributed by atoms with van der Waals surface area (Å²) in [7, 11) is 0. The predicted octanol–water partition coefficient (Wildman–Crippen LogP) is 7.34. The van der Waals surface area contributed by atoms with Gasteiger partial charge in [-0.3, -0.25) is 3.11 Å². The monoisotopic (exact) mass is 445 g/mol. The molecule has 126 valence electrons. The molecular weight excluding hydrogens is 428 g/mol. The van der Waals surface area contributed by atoms with Crippen molar-refractivity contribution in [2.24, 2.45) is 0 Å². The van der Waals surface area contributed by atoms with E-state index in [0.29, 0.717) is 17.1 Å². The van der Waals surface area contributed by atoms with E-state index in [1.165, 1.54) is 11.6 Å². The molecule has 25 heavy (non-hydrogen) atoms. The van der Waals surface area contributed by atoms with Crippen molar-refractivity contribution in [2.75, 3.05) is 3.11 Å². The smallest absolute Gasteiger partial charge is 0.171 e. The molecule has 0 atom stereocenters. The zero-order valence-electron chi connectivity index (χ0n) is 14.0. The summed E-state index contributed by atoms with van der Waals surface area (Å²) in [6.07, 6.45) is 0. The van der Waals surface area contributed by atoms with E-state index in [0.717, 1.165) is 22.1 Å². The van der Waals surface area contributed by atoms with Crippen LogP contribution in [-0.4, -0.2) is 0 Å². The van der Waals surface area contributed by atoms with Gasteiger partial charge in [-0.2, -0.15) is 0 Å². The number of halogens is 2. The molecule has 4 aromatic rings. The van der Waals surface area contributed by atoms with Gasteiger partial charge in [0.2, 0.25) is 0 Å². The van der Waals surface area contributed by atoms with Gasteiger partial charge in [-0.05, 0) is 29.7 Å². The van der Waals surface area contributed by atoms with Gasteiger partial charge in [-0.15, -0.1) is 0 Å². The molecule has 1 aromatic heterocycles. The Morgan fingerprint density at radius 2 is 1.48 bits per heavy atom. The molecule has 0 aliphatic carbocycles. The Morgan fingerprint density at radius 3 is 2.24 bits per heavy atom. The first-order chi connectivity index (χ1) is 12.1. The number of rotatable bonds is 3. The summed E-state index contributed by atoms with van der Waals surface area (Å²) in [5, 5.41) is 1.73. The summed E-state index contributed by atoms with van der Waals surface area (Å²) in [4.78, 5) is 0. The lowest BCUT2D eigenvalue weighted by atomic mass is 10.0. The van der Waals surface area contributed by atoms with E-state index < -0.39 is 0 Å². The van der Waals surface area contributed by atoms with Crippen molar-refractivity contribution in [3.63, 3.8) is 0 Å². The maximum absolute atomic E-state index is 14.1. The van der Waals surface area contributed by atoms with E-state index in [1.54, 1.807) is 6.07 Å². The standard InChI is InChI=1S/C21H17FINO/c1-13(2)14-7-3-4-11-18(14)24(23)19-12-6-9-16-15-8-5-10-17(22)20(15)25-21(16)19/h3-13H,1-2H3. The van der Waals surface area contributed by atoms with E-state index in [2.05, 4.69) is 58.0 Å². The van der Waals surface area contributed by atoms with Crippen LogP contribution in [0.15, 0.2) is 65.1 Å². The molecule has 0 aliphatic rings. The number of hydrogen-bond donors (Lipinski definition) is 0. The number of nitrogens with zero attached hydrogens (tertiary/aromatic N) is 1. The Bertz CT molecular complexity index is 1070. The van der Waals surface area contributed by atoms with Crippen molar-refractivity contribution < 1.29 is 8.81 Å². The van der Waals surface area contributed by atoms with Crippen molar-refractivity contribution in [3.8, 4) is 0 Å². The third kappa shape index (κ3) is 2.68. The summed E-state index contributed by atoms with van der Waals surface area (Å²) in [5.74, 6) is 0.0722. The van der Waals surface area contributed by atoms with Gasteiger partial charge in [-0.1, -0.05) is 56.3 Å². The van der Waals surface area contributed by atoms with Crippen LogP contribution < -0.4 is 3.11 Å². The van der Waals surface area contributed by atoms with Gasteiger partial charge in [0.1, 0.15) is 0 Å².